The first kappa shape index (κ1) is 21.3. The molecule has 4 nitrogen and oxygen atoms in total. The van der Waals surface area contributed by atoms with Crippen LogP contribution in [-0.4, -0.2) is 11.8 Å². The highest BCUT2D eigenvalue weighted by atomic mass is 35.5. The highest BCUT2D eigenvalue weighted by Gasteiger charge is 2.63. The number of anilines is 1. The lowest BCUT2D eigenvalue weighted by molar-refractivity contribution is -0.137. The Kier molecular flexibility index (Phi) is 5.18. The molecule has 2 amide bonds. The van der Waals surface area contributed by atoms with E-state index in [0.717, 1.165) is 23.1 Å². The molecule has 3 aliphatic rings. The van der Waals surface area contributed by atoms with Crippen molar-refractivity contribution in [3.05, 3.63) is 87.4 Å². The minimum absolute atomic E-state index is 0.0662. The van der Waals surface area contributed by atoms with Gasteiger partial charge in [-0.05, 0) is 47.7 Å². The summed E-state index contributed by atoms with van der Waals surface area (Å²) in [6, 6.07) is 12.4. The molecule has 6 heteroatoms. The summed E-state index contributed by atoms with van der Waals surface area (Å²) in [6.07, 6.45) is 7.13. The van der Waals surface area contributed by atoms with Gasteiger partial charge < -0.3 is 10.6 Å². The Bertz CT molecular complexity index is 1190. The molecular formula is C26H24Cl2N2O2. The summed E-state index contributed by atoms with van der Waals surface area (Å²) in [5.41, 5.74) is 2.46. The molecule has 5 atom stereocenters. The van der Waals surface area contributed by atoms with Crippen molar-refractivity contribution in [3.8, 4) is 0 Å². The molecule has 5 rings (SSSR count). The van der Waals surface area contributed by atoms with E-state index in [1.807, 2.05) is 43.3 Å². The lowest BCUT2D eigenvalue weighted by atomic mass is 9.54. The molecule has 0 bridgehead atoms. The molecule has 0 saturated carbocycles. The number of amides is 2. The molecule has 2 aromatic carbocycles. The number of rotatable bonds is 2. The average Bonchev–Trinajstić information content (AvgIpc) is 3.03. The van der Waals surface area contributed by atoms with Crippen LogP contribution in [-0.2, 0) is 15.0 Å². The summed E-state index contributed by atoms with van der Waals surface area (Å²) in [4.78, 5) is 27.3. The van der Waals surface area contributed by atoms with Gasteiger partial charge in [0.05, 0.1) is 6.04 Å². The number of carbonyl (C=O) groups excluding carboxylic acids is 2. The zero-order valence-corrected chi connectivity index (χ0v) is 19.4. The Morgan fingerprint density at radius 3 is 2.56 bits per heavy atom. The number of nitrogens with one attached hydrogen (secondary N) is 2. The predicted molar refractivity (Wildman–Crippen MR) is 128 cm³/mol. The minimum atomic E-state index is -1.02. The summed E-state index contributed by atoms with van der Waals surface area (Å²) in [6.45, 7) is 4.08. The SMILES string of the molecule is CC1CC=CC=C1C1C(C)C(=O)N[C@@H](c2cccc(Cl)c2)[C@]12C(=O)Nc1cc(Cl)ccc12. The molecule has 2 heterocycles. The Labute approximate surface area is 197 Å². The van der Waals surface area contributed by atoms with Crippen LogP contribution >= 0.6 is 23.2 Å². The predicted octanol–water partition coefficient (Wildman–Crippen LogP) is 5.83. The van der Waals surface area contributed by atoms with Gasteiger partial charge in [0.25, 0.3) is 0 Å². The van der Waals surface area contributed by atoms with Crippen molar-refractivity contribution >= 4 is 40.7 Å². The van der Waals surface area contributed by atoms with Crippen LogP contribution in [0.25, 0.3) is 0 Å². The van der Waals surface area contributed by atoms with Gasteiger partial charge in [-0.1, -0.05) is 79.0 Å². The third-order valence-electron chi connectivity index (χ3n) is 7.22. The smallest absolute Gasteiger partial charge is 0.238 e. The summed E-state index contributed by atoms with van der Waals surface area (Å²) in [5, 5.41) is 7.37. The van der Waals surface area contributed by atoms with Crippen molar-refractivity contribution in [2.75, 3.05) is 5.32 Å². The van der Waals surface area contributed by atoms with Crippen molar-refractivity contribution in [1.29, 1.82) is 0 Å². The van der Waals surface area contributed by atoms with Crippen LogP contribution in [0, 0.1) is 17.8 Å². The van der Waals surface area contributed by atoms with Gasteiger partial charge in [0.2, 0.25) is 11.8 Å². The summed E-state index contributed by atoms with van der Waals surface area (Å²) >= 11 is 12.6. The lowest BCUT2D eigenvalue weighted by Gasteiger charge is -2.51. The molecule has 2 aliphatic heterocycles. The fraction of sp³-hybridized carbons (Fsp3) is 0.308. The van der Waals surface area contributed by atoms with Crippen LogP contribution in [0.4, 0.5) is 5.69 Å². The number of hydrogen-bond acceptors (Lipinski definition) is 2. The third kappa shape index (κ3) is 3.04. The summed E-state index contributed by atoms with van der Waals surface area (Å²) in [7, 11) is 0. The molecule has 3 unspecified atom stereocenters. The first-order valence-electron chi connectivity index (χ1n) is 10.9. The van der Waals surface area contributed by atoms with Crippen LogP contribution in [0.5, 0.6) is 0 Å². The van der Waals surface area contributed by atoms with Crippen LogP contribution in [0.1, 0.15) is 37.4 Å². The van der Waals surface area contributed by atoms with Gasteiger partial charge in [0.1, 0.15) is 5.41 Å². The van der Waals surface area contributed by atoms with Gasteiger partial charge >= 0.3 is 0 Å². The standard InChI is InChI=1S/C26H24Cl2N2O2/c1-14-6-3-4-9-19(14)22-15(2)24(31)30-23(16-7-5-8-17(27)12-16)26(22)20-11-10-18(28)13-21(20)29-25(26)32/h3-5,7-15,22-23H,6H2,1-2H3,(H,29,32)(H,30,31)/t14?,15?,22?,23-,26+/m0/s1. The topological polar surface area (TPSA) is 58.2 Å². The monoisotopic (exact) mass is 466 g/mol. The molecular weight excluding hydrogens is 443 g/mol. The van der Waals surface area contributed by atoms with Crippen LogP contribution in [0.15, 0.2) is 66.3 Å². The second-order valence-electron chi connectivity index (χ2n) is 9.01. The molecule has 0 aromatic heterocycles. The number of fused-ring (bicyclic) bond motifs is 2. The van der Waals surface area contributed by atoms with E-state index in [2.05, 4.69) is 29.7 Å². The van der Waals surface area contributed by atoms with Gasteiger partial charge in [-0.3, -0.25) is 9.59 Å². The van der Waals surface area contributed by atoms with E-state index in [9.17, 15) is 9.59 Å². The zero-order chi connectivity index (χ0) is 22.6. The second kappa shape index (κ2) is 7.79. The zero-order valence-electron chi connectivity index (χ0n) is 17.9. The van der Waals surface area contributed by atoms with Gasteiger partial charge in [0, 0.05) is 27.6 Å². The number of allylic oxidation sites excluding steroid dienone is 4. The van der Waals surface area contributed by atoms with Gasteiger partial charge in [-0.15, -0.1) is 0 Å². The maximum Gasteiger partial charge on any atom is 0.238 e. The molecule has 164 valence electrons. The maximum absolute atomic E-state index is 14.0. The number of benzene rings is 2. The van der Waals surface area contributed by atoms with E-state index >= 15 is 0 Å². The molecule has 1 fully saturated rings. The van der Waals surface area contributed by atoms with E-state index in [4.69, 9.17) is 23.2 Å². The first-order valence-corrected chi connectivity index (χ1v) is 11.6. The van der Waals surface area contributed by atoms with E-state index in [1.165, 1.54) is 0 Å². The number of halogens is 2. The number of carbonyl (C=O) groups is 2. The normalized spacial score (nSPS) is 31.2. The summed E-state index contributed by atoms with van der Waals surface area (Å²) < 4.78 is 0. The van der Waals surface area contributed by atoms with Crippen molar-refractivity contribution in [2.24, 2.45) is 17.8 Å². The van der Waals surface area contributed by atoms with E-state index in [0.29, 0.717) is 15.7 Å². The van der Waals surface area contributed by atoms with Crippen molar-refractivity contribution < 1.29 is 9.59 Å². The first-order chi connectivity index (χ1) is 15.3. The fourth-order valence-corrected chi connectivity index (χ4v) is 6.16. The van der Waals surface area contributed by atoms with Gasteiger partial charge in [-0.25, -0.2) is 0 Å². The minimum Gasteiger partial charge on any atom is -0.348 e. The highest BCUT2D eigenvalue weighted by molar-refractivity contribution is 6.31. The number of hydrogen-bond donors (Lipinski definition) is 2. The van der Waals surface area contributed by atoms with Crippen molar-refractivity contribution in [1.82, 2.24) is 5.32 Å². The molecule has 0 radical (unpaired) electrons. The van der Waals surface area contributed by atoms with E-state index in [-0.39, 0.29) is 23.7 Å². The largest absolute Gasteiger partial charge is 0.348 e. The van der Waals surface area contributed by atoms with E-state index in [1.54, 1.807) is 12.1 Å². The molecule has 1 saturated heterocycles. The Balaban J connectivity index is 1.83. The van der Waals surface area contributed by atoms with Crippen LogP contribution in [0.2, 0.25) is 10.0 Å². The Morgan fingerprint density at radius 1 is 1.03 bits per heavy atom. The molecule has 2 N–H and O–H groups in total. The molecule has 32 heavy (non-hydrogen) atoms. The fourth-order valence-electron chi connectivity index (χ4n) is 5.79. The molecule has 1 spiro atoms. The van der Waals surface area contributed by atoms with Crippen molar-refractivity contribution in [3.63, 3.8) is 0 Å². The quantitative estimate of drug-likeness (QED) is 0.584. The molecule has 2 aromatic rings. The summed E-state index contributed by atoms with van der Waals surface area (Å²) in [5.74, 6) is -0.678. The van der Waals surface area contributed by atoms with Crippen LogP contribution < -0.4 is 10.6 Å². The second-order valence-corrected chi connectivity index (χ2v) is 9.88. The van der Waals surface area contributed by atoms with Crippen molar-refractivity contribution in [2.45, 2.75) is 31.7 Å². The highest BCUT2D eigenvalue weighted by Crippen LogP contribution is 2.58. The van der Waals surface area contributed by atoms with Crippen LogP contribution in [0.3, 0.4) is 0 Å². The number of piperidine rings is 1. The maximum atomic E-state index is 14.0. The van der Waals surface area contributed by atoms with Gasteiger partial charge in [-0.2, -0.15) is 0 Å². The Hall–Kier alpha value is -2.56. The average molecular weight is 467 g/mol. The Morgan fingerprint density at radius 2 is 1.81 bits per heavy atom. The third-order valence-corrected chi connectivity index (χ3v) is 7.69. The van der Waals surface area contributed by atoms with Gasteiger partial charge in [0.15, 0.2) is 0 Å². The van der Waals surface area contributed by atoms with E-state index < -0.39 is 17.4 Å². The molecule has 1 aliphatic carbocycles. The lowest BCUT2D eigenvalue weighted by Crippen LogP contribution is -2.62.